The van der Waals surface area contributed by atoms with Gasteiger partial charge in [-0.2, -0.15) is 0 Å². The molecule has 0 heterocycles. The van der Waals surface area contributed by atoms with Crippen LogP contribution in [0.2, 0.25) is 0 Å². The molecule has 0 aliphatic carbocycles. The van der Waals surface area contributed by atoms with Crippen LogP contribution in [0.15, 0.2) is 17.0 Å². The fraction of sp³-hybridized carbons (Fsp3) is 0.500. The minimum Gasteiger partial charge on any atom is -0.398 e. The van der Waals surface area contributed by atoms with E-state index in [-0.39, 0.29) is 10.9 Å². The molecule has 1 rings (SSSR count). The molecule has 0 amide bonds. The molecule has 0 saturated carbocycles. The lowest BCUT2D eigenvalue weighted by atomic mass is 10.1. The highest BCUT2D eigenvalue weighted by Gasteiger charge is 2.18. The van der Waals surface area contributed by atoms with Gasteiger partial charge in [0.05, 0.1) is 11.5 Å². The Morgan fingerprint density at radius 1 is 1.39 bits per heavy atom. The van der Waals surface area contributed by atoms with E-state index >= 15 is 0 Å². The van der Waals surface area contributed by atoms with Crippen LogP contribution in [0.4, 0.5) is 5.69 Å². The Labute approximate surface area is 108 Å². The first-order chi connectivity index (χ1) is 8.27. The summed E-state index contributed by atoms with van der Waals surface area (Å²) >= 11 is 0. The maximum absolute atomic E-state index is 12.1. The van der Waals surface area contributed by atoms with Crippen molar-refractivity contribution < 1.29 is 13.2 Å². The lowest BCUT2D eigenvalue weighted by Crippen LogP contribution is -2.35. The molecule has 0 aliphatic rings. The number of nitrogen functional groups attached to an aromatic ring is 1. The minimum atomic E-state index is -3.55. The second-order valence-electron chi connectivity index (χ2n) is 4.43. The Morgan fingerprint density at radius 3 is 2.50 bits per heavy atom. The predicted octanol–water partition coefficient (Wildman–Crippen LogP) is 1.20. The van der Waals surface area contributed by atoms with Gasteiger partial charge < -0.3 is 10.5 Å². The summed E-state index contributed by atoms with van der Waals surface area (Å²) in [5.41, 5.74) is 8.03. The van der Waals surface area contributed by atoms with E-state index in [9.17, 15) is 8.42 Å². The lowest BCUT2D eigenvalue weighted by molar-refractivity contribution is 0.180. The fourth-order valence-corrected chi connectivity index (χ4v) is 2.97. The molecule has 0 spiro atoms. The zero-order valence-corrected chi connectivity index (χ0v) is 12.0. The predicted molar refractivity (Wildman–Crippen MR) is 72.0 cm³/mol. The highest BCUT2D eigenvalue weighted by atomic mass is 32.2. The molecule has 5 nitrogen and oxygen atoms in total. The molecule has 0 aromatic heterocycles. The van der Waals surface area contributed by atoms with Crippen LogP contribution >= 0.6 is 0 Å². The Kier molecular flexibility index (Phi) is 4.72. The zero-order chi connectivity index (χ0) is 13.9. The van der Waals surface area contributed by atoms with Gasteiger partial charge in [0, 0.05) is 18.8 Å². The van der Waals surface area contributed by atoms with Gasteiger partial charge in [0.15, 0.2) is 0 Å². The van der Waals surface area contributed by atoms with Crippen LogP contribution in [0, 0.1) is 13.8 Å². The summed E-state index contributed by atoms with van der Waals surface area (Å²) in [6, 6.07) is 2.81. The van der Waals surface area contributed by atoms with Crippen LogP contribution in [0.3, 0.4) is 0 Å². The van der Waals surface area contributed by atoms with Crippen molar-refractivity contribution in [3.05, 3.63) is 23.3 Å². The number of anilines is 1. The van der Waals surface area contributed by atoms with Gasteiger partial charge in [-0.1, -0.05) is 0 Å². The van der Waals surface area contributed by atoms with Gasteiger partial charge in [0.1, 0.15) is 0 Å². The molecular weight excluding hydrogens is 252 g/mol. The molecular formula is C12H20N2O3S. The molecule has 0 aliphatic heterocycles. The molecule has 1 aromatic rings. The van der Waals surface area contributed by atoms with Gasteiger partial charge in [-0.15, -0.1) is 0 Å². The van der Waals surface area contributed by atoms with Crippen LogP contribution in [0.1, 0.15) is 18.1 Å². The van der Waals surface area contributed by atoms with Crippen molar-refractivity contribution >= 4 is 15.7 Å². The van der Waals surface area contributed by atoms with Crippen molar-refractivity contribution in [2.45, 2.75) is 31.7 Å². The summed E-state index contributed by atoms with van der Waals surface area (Å²) < 4.78 is 31.7. The zero-order valence-electron chi connectivity index (χ0n) is 11.1. The molecule has 102 valence electrons. The van der Waals surface area contributed by atoms with Gasteiger partial charge in [-0.25, -0.2) is 13.1 Å². The first-order valence-electron chi connectivity index (χ1n) is 5.66. The number of hydrogen-bond donors (Lipinski definition) is 2. The third-order valence-electron chi connectivity index (χ3n) is 2.76. The lowest BCUT2D eigenvalue weighted by Gasteiger charge is -2.15. The highest BCUT2D eigenvalue weighted by Crippen LogP contribution is 2.21. The van der Waals surface area contributed by atoms with Crippen LogP contribution in [0.5, 0.6) is 0 Å². The van der Waals surface area contributed by atoms with Crippen molar-refractivity contribution in [3.63, 3.8) is 0 Å². The summed E-state index contributed by atoms with van der Waals surface area (Å²) in [4.78, 5) is 0.186. The third-order valence-corrected chi connectivity index (χ3v) is 4.33. The number of nitrogens with one attached hydrogen (secondary N) is 1. The standard InChI is InChI=1S/C12H20N2O3S/c1-8-5-11(6-12(13)10(8)3)18(15,16)14-9(2)7-17-4/h5-6,9,14H,7,13H2,1-4H3. The van der Waals surface area contributed by atoms with Crippen LogP contribution in [-0.2, 0) is 14.8 Å². The molecule has 0 bridgehead atoms. The Balaban J connectivity index is 3.06. The summed E-state index contributed by atoms with van der Waals surface area (Å²) in [6.07, 6.45) is 0. The Morgan fingerprint density at radius 2 is 2.00 bits per heavy atom. The maximum Gasteiger partial charge on any atom is 0.240 e. The van der Waals surface area contributed by atoms with Crippen molar-refractivity contribution in [1.29, 1.82) is 0 Å². The molecule has 18 heavy (non-hydrogen) atoms. The smallest absolute Gasteiger partial charge is 0.240 e. The van der Waals surface area contributed by atoms with Gasteiger partial charge in [-0.3, -0.25) is 0 Å². The van der Waals surface area contributed by atoms with E-state index in [1.807, 2.05) is 13.8 Å². The van der Waals surface area contributed by atoms with Crippen molar-refractivity contribution in [3.8, 4) is 0 Å². The summed E-state index contributed by atoms with van der Waals surface area (Å²) in [7, 11) is -2.03. The largest absolute Gasteiger partial charge is 0.398 e. The van der Waals surface area contributed by atoms with Gasteiger partial charge >= 0.3 is 0 Å². The molecule has 0 radical (unpaired) electrons. The molecule has 1 atom stereocenters. The molecule has 1 aromatic carbocycles. The maximum atomic E-state index is 12.1. The van der Waals surface area contributed by atoms with Crippen molar-refractivity contribution in [2.75, 3.05) is 19.5 Å². The van der Waals surface area contributed by atoms with E-state index in [0.717, 1.165) is 11.1 Å². The summed E-state index contributed by atoms with van der Waals surface area (Å²) in [5, 5.41) is 0. The van der Waals surface area contributed by atoms with Crippen LogP contribution < -0.4 is 10.5 Å². The second-order valence-corrected chi connectivity index (χ2v) is 6.15. The summed E-state index contributed by atoms with van der Waals surface area (Å²) in [5.74, 6) is 0. The number of rotatable bonds is 5. The molecule has 0 saturated heterocycles. The number of methoxy groups -OCH3 is 1. The van der Waals surface area contributed by atoms with Crippen molar-refractivity contribution in [1.82, 2.24) is 4.72 Å². The Hall–Kier alpha value is -1.11. The van der Waals surface area contributed by atoms with E-state index in [4.69, 9.17) is 10.5 Å². The highest BCUT2D eigenvalue weighted by molar-refractivity contribution is 7.89. The number of hydrogen-bond acceptors (Lipinski definition) is 4. The molecule has 0 fully saturated rings. The number of nitrogens with two attached hydrogens (primary N) is 1. The van der Waals surface area contributed by atoms with E-state index in [2.05, 4.69) is 4.72 Å². The molecule has 1 unspecified atom stereocenters. The molecule has 3 N–H and O–H groups in total. The first kappa shape index (κ1) is 14.9. The van der Waals surface area contributed by atoms with E-state index in [0.29, 0.717) is 12.3 Å². The average Bonchev–Trinajstić information content (AvgIpc) is 2.24. The summed E-state index contributed by atoms with van der Waals surface area (Å²) in [6.45, 7) is 5.76. The van der Waals surface area contributed by atoms with Crippen LogP contribution in [-0.4, -0.2) is 28.2 Å². The topological polar surface area (TPSA) is 81.4 Å². The number of sulfonamides is 1. The van der Waals surface area contributed by atoms with Gasteiger partial charge in [0.2, 0.25) is 10.0 Å². The third kappa shape index (κ3) is 3.44. The van der Waals surface area contributed by atoms with Gasteiger partial charge in [-0.05, 0) is 44.0 Å². The minimum absolute atomic E-state index is 0.186. The SMILES string of the molecule is COCC(C)NS(=O)(=O)c1cc(C)c(C)c(N)c1. The first-order valence-corrected chi connectivity index (χ1v) is 7.14. The van der Waals surface area contributed by atoms with E-state index < -0.39 is 10.0 Å². The van der Waals surface area contributed by atoms with Crippen molar-refractivity contribution in [2.24, 2.45) is 0 Å². The quantitative estimate of drug-likeness (QED) is 0.789. The number of benzene rings is 1. The fourth-order valence-electron chi connectivity index (χ4n) is 1.62. The van der Waals surface area contributed by atoms with E-state index in [1.54, 1.807) is 13.0 Å². The average molecular weight is 272 g/mol. The second kappa shape index (κ2) is 5.69. The number of aryl methyl sites for hydroxylation is 1. The van der Waals surface area contributed by atoms with Crippen LogP contribution in [0.25, 0.3) is 0 Å². The normalized spacial score (nSPS) is 13.6. The monoisotopic (exact) mass is 272 g/mol. The number of ether oxygens (including phenoxy) is 1. The Bertz CT molecular complexity index is 503. The molecule has 6 heteroatoms. The van der Waals surface area contributed by atoms with Gasteiger partial charge in [0.25, 0.3) is 0 Å². The van der Waals surface area contributed by atoms with E-state index in [1.165, 1.54) is 13.2 Å².